The van der Waals surface area contributed by atoms with E-state index in [1.807, 2.05) is 10.8 Å². The predicted octanol–water partition coefficient (Wildman–Crippen LogP) is 2.07. The summed E-state index contributed by atoms with van der Waals surface area (Å²) in [5.74, 6) is -0.262. The van der Waals surface area contributed by atoms with Crippen molar-refractivity contribution in [3.8, 4) is 0 Å². The van der Waals surface area contributed by atoms with Crippen molar-refractivity contribution in [1.82, 2.24) is 14.5 Å². The van der Waals surface area contributed by atoms with Crippen molar-refractivity contribution in [2.75, 3.05) is 6.54 Å². The molecule has 4 nitrogen and oxygen atoms in total. The molecule has 0 saturated carbocycles. The summed E-state index contributed by atoms with van der Waals surface area (Å²) in [6.45, 7) is 2.00. The van der Waals surface area contributed by atoms with Gasteiger partial charge in [-0.15, -0.1) is 0 Å². The van der Waals surface area contributed by atoms with Gasteiger partial charge in [0.15, 0.2) is 0 Å². The normalized spacial score (nSPS) is 10.4. The second-order valence-corrected chi connectivity index (χ2v) is 4.36. The van der Waals surface area contributed by atoms with E-state index in [1.165, 1.54) is 12.1 Å². The number of carbonyl (C=O) groups excluding carboxylic acids is 1. The molecule has 0 atom stereocenters. The highest BCUT2D eigenvalue weighted by molar-refractivity contribution is 5.47. The average molecular weight is 261 g/mol. The minimum atomic E-state index is -0.262. The molecule has 1 amide bonds. The Bertz CT molecular complexity index is 496. The SMILES string of the molecule is O=CN(CCCn1ccnc1)Cc1ccc(F)cc1. The summed E-state index contributed by atoms with van der Waals surface area (Å²) < 4.78 is 14.7. The Kier molecular flexibility index (Phi) is 4.66. The average Bonchev–Trinajstić information content (AvgIpc) is 2.93. The van der Waals surface area contributed by atoms with Crippen LogP contribution in [0.15, 0.2) is 43.0 Å². The van der Waals surface area contributed by atoms with Crippen LogP contribution in [0, 0.1) is 5.82 Å². The number of aromatic nitrogens is 2. The molecule has 0 aliphatic heterocycles. The second-order valence-electron chi connectivity index (χ2n) is 4.36. The number of nitrogens with zero attached hydrogens (tertiary/aromatic N) is 3. The molecule has 100 valence electrons. The van der Waals surface area contributed by atoms with Gasteiger partial charge in [0.25, 0.3) is 0 Å². The minimum Gasteiger partial charge on any atom is -0.341 e. The van der Waals surface area contributed by atoms with Crippen LogP contribution in [0.3, 0.4) is 0 Å². The van der Waals surface area contributed by atoms with Gasteiger partial charge >= 0.3 is 0 Å². The lowest BCUT2D eigenvalue weighted by Crippen LogP contribution is -2.23. The summed E-state index contributed by atoms with van der Waals surface area (Å²) in [5, 5.41) is 0. The molecule has 0 fully saturated rings. The van der Waals surface area contributed by atoms with E-state index < -0.39 is 0 Å². The number of rotatable bonds is 7. The molecule has 19 heavy (non-hydrogen) atoms. The van der Waals surface area contributed by atoms with Crippen molar-refractivity contribution >= 4 is 6.41 Å². The number of aryl methyl sites for hydroxylation is 1. The van der Waals surface area contributed by atoms with Gasteiger partial charge in [-0.25, -0.2) is 9.37 Å². The molecule has 0 aliphatic rings. The highest BCUT2D eigenvalue weighted by Gasteiger charge is 2.03. The van der Waals surface area contributed by atoms with Crippen molar-refractivity contribution in [3.63, 3.8) is 0 Å². The van der Waals surface area contributed by atoms with Gasteiger partial charge in [-0.3, -0.25) is 4.79 Å². The summed E-state index contributed by atoms with van der Waals surface area (Å²) in [6.07, 6.45) is 7.07. The third-order valence-electron chi connectivity index (χ3n) is 2.87. The molecule has 1 aromatic heterocycles. The first-order chi connectivity index (χ1) is 9.28. The van der Waals surface area contributed by atoms with Gasteiger partial charge < -0.3 is 9.47 Å². The zero-order valence-electron chi connectivity index (χ0n) is 10.6. The minimum absolute atomic E-state index is 0.262. The van der Waals surface area contributed by atoms with Crippen molar-refractivity contribution in [2.24, 2.45) is 0 Å². The summed E-state index contributed by atoms with van der Waals surface area (Å²) >= 11 is 0. The molecule has 0 bridgehead atoms. The molecular weight excluding hydrogens is 245 g/mol. The Morgan fingerprint density at radius 1 is 1.32 bits per heavy atom. The fourth-order valence-corrected chi connectivity index (χ4v) is 1.87. The van der Waals surface area contributed by atoms with Gasteiger partial charge in [-0.05, 0) is 24.1 Å². The standard InChI is InChI=1S/C14H16FN3O/c15-14-4-2-13(3-5-14)10-18(12-19)8-1-7-17-9-6-16-11-17/h2-6,9,11-12H,1,7-8,10H2. The molecule has 0 radical (unpaired) electrons. The number of amides is 1. The summed E-state index contributed by atoms with van der Waals surface area (Å²) in [6, 6.07) is 6.21. The van der Waals surface area contributed by atoms with E-state index in [1.54, 1.807) is 29.6 Å². The number of hydrogen-bond donors (Lipinski definition) is 0. The first kappa shape index (κ1) is 13.3. The van der Waals surface area contributed by atoms with E-state index >= 15 is 0 Å². The maximum atomic E-state index is 12.8. The van der Waals surface area contributed by atoms with Crippen molar-refractivity contribution in [3.05, 3.63) is 54.4 Å². The fraction of sp³-hybridized carbons (Fsp3) is 0.286. The highest BCUT2D eigenvalue weighted by Crippen LogP contribution is 2.06. The van der Waals surface area contributed by atoms with Crippen LogP contribution in [0.5, 0.6) is 0 Å². The lowest BCUT2D eigenvalue weighted by atomic mass is 10.2. The second kappa shape index (κ2) is 6.68. The smallest absolute Gasteiger partial charge is 0.210 e. The predicted molar refractivity (Wildman–Crippen MR) is 69.7 cm³/mol. The van der Waals surface area contributed by atoms with Gasteiger partial charge in [0.2, 0.25) is 6.41 Å². The van der Waals surface area contributed by atoms with E-state index in [0.717, 1.165) is 24.9 Å². The molecule has 1 heterocycles. The highest BCUT2D eigenvalue weighted by atomic mass is 19.1. The molecule has 2 rings (SSSR count). The van der Waals surface area contributed by atoms with E-state index in [4.69, 9.17) is 0 Å². The molecule has 0 aliphatic carbocycles. The first-order valence-corrected chi connectivity index (χ1v) is 6.17. The van der Waals surface area contributed by atoms with E-state index in [0.29, 0.717) is 13.1 Å². The van der Waals surface area contributed by atoms with Crippen LogP contribution in [-0.2, 0) is 17.9 Å². The lowest BCUT2D eigenvalue weighted by Gasteiger charge is -2.17. The third-order valence-corrected chi connectivity index (χ3v) is 2.87. The number of halogens is 1. The van der Waals surface area contributed by atoms with Crippen LogP contribution in [0.1, 0.15) is 12.0 Å². The van der Waals surface area contributed by atoms with E-state index in [9.17, 15) is 9.18 Å². The zero-order valence-corrected chi connectivity index (χ0v) is 10.6. The van der Waals surface area contributed by atoms with E-state index in [2.05, 4.69) is 4.98 Å². The summed E-state index contributed by atoms with van der Waals surface area (Å²) in [7, 11) is 0. The fourth-order valence-electron chi connectivity index (χ4n) is 1.87. The number of hydrogen-bond acceptors (Lipinski definition) is 2. The Labute approximate surface area is 111 Å². The number of benzene rings is 1. The largest absolute Gasteiger partial charge is 0.341 e. The number of carbonyl (C=O) groups is 1. The topological polar surface area (TPSA) is 38.1 Å². The van der Waals surface area contributed by atoms with Crippen LogP contribution in [-0.4, -0.2) is 27.4 Å². The van der Waals surface area contributed by atoms with Gasteiger partial charge in [-0.2, -0.15) is 0 Å². The van der Waals surface area contributed by atoms with Gasteiger partial charge in [0, 0.05) is 32.0 Å². The molecule has 0 N–H and O–H groups in total. The molecule has 0 saturated heterocycles. The Balaban J connectivity index is 1.79. The molecular formula is C14H16FN3O. The van der Waals surface area contributed by atoms with Gasteiger partial charge in [0.1, 0.15) is 5.82 Å². The Hall–Kier alpha value is -2.17. The first-order valence-electron chi connectivity index (χ1n) is 6.17. The Morgan fingerprint density at radius 3 is 2.74 bits per heavy atom. The number of imidazole rings is 1. The van der Waals surface area contributed by atoms with Crippen molar-refractivity contribution in [1.29, 1.82) is 0 Å². The quantitative estimate of drug-likeness (QED) is 0.716. The molecule has 0 spiro atoms. The van der Waals surface area contributed by atoms with Crippen LogP contribution in [0.4, 0.5) is 4.39 Å². The van der Waals surface area contributed by atoms with Gasteiger partial charge in [0.05, 0.1) is 6.33 Å². The van der Waals surface area contributed by atoms with Crippen molar-refractivity contribution < 1.29 is 9.18 Å². The summed E-state index contributed by atoms with van der Waals surface area (Å²) in [5.41, 5.74) is 0.927. The van der Waals surface area contributed by atoms with Crippen LogP contribution >= 0.6 is 0 Å². The van der Waals surface area contributed by atoms with Gasteiger partial charge in [-0.1, -0.05) is 12.1 Å². The maximum Gasteiger partial charge on any atom is 0.210 e. The van der Waals surface area contributed by atoms with Crippen molar-refractivity contribution in [2.45, 2.75) is 19.5 Å². The van der Waals surface area contributed by atoms with E-state index in [-0.39, 0.29) is 5.82 Å². The van der Waals surface area contributed by atoms with Crippen LogP contribution in [0.2, 0.25) is 0 Å². The zero-order chi connectivity index (χ0) is 13.5. The van der Waals surface area contributed by atoms with Crippen LogP contribution in [0.25, 0.3) is 0 Å². The maximum absolute atomic E-state index is 12.8. The monoisotopic (exact) mass is 261 g/mol. The molecule has 2 aromatic rings. The molecule has 5 heteroatoms. The lowest BCUT2D eigenvalue weighted by molar-refractivity contribution is -0.118. The third kappa shape index (κ3) is 4.21. The van der Waals surface area contributed by atoms with Crippen LogP contribution < -0.4 is 0 Å². The molecule has 1 aromatic carbocycles. The summed E-state index contributed by atoms with van der Waals surface area (Å²) in [4.78, 5) is 16.6. The molecule has 0 unspecified atom stereocenters. The Morgan fingerprint density at radius 2 is 2.11 bits per heavy atom.